The first-order valence-corrected chi connectivity index (χ1v) is 13.6. The fraction of sp³-hybridized carbons (Fsp3) is 0.233. The zero-order chi connectivity index (χ0) is 29.4. The van der Waals surface area contributed by atoms with Crippen LogP contribution in [-0.4, -0.2) is 28.7 Å². The predicted molar refractivity (Wildman–Crippen MR) is 154 cm³/mol. The molecule has 0 N–H and O–H groups in total. The van der Waals surface area contributed by atoms with Gasteiger partial charge in [-0.05, 0) is 63.1 Å². The maximum atomic E-state index is 13.8. The van der Waals surface area contributed by atoms with E-state index in [9.17, 15) is 19.7 Å². The standard InChI is InChI=1S/C30H27N3O7S/c1-16(2)39-29(35)26-18(4)31-30-32(27(26)19-7-10-21(38-5)11-8-19)28(34)25(41-30)15-22-12-13-24(40-22)23-14-20(33(36)37)9-6-17(23)3/h6-16,27H,1-5H3/b25-15-. The molecule has 0 aliphatic carbocycles. The van der Waals surface area contributed by atoms with Crippen molar-refractivity contribution in [1.82, 2.24) is 4.57 Å². The van der Waals surface area contributed by atoms with Gasteiger partial charge in [0.1, 0.15) is 17.3 Å². The number of non-ortho nitro benzene ring substituents is 1. The molecular formula is C30H27N3O7S. The van der Waals surface area contributed by atoms with Gasteiger partial charge in [-0.1, -0.05) is 29.5 Å². The van der Waals surface area contributed by atoms with Crippen LogP contribution in [0.15, 0.2) is 80.1 Å². The predicted octanol–water partition coefficient (Wildman–Crippen LogP) is 4.67. The third-order valence-electron chi connectivity index (χ3n) is 6.61. The van der Waals surface area contributed by atoms with Gasteiger partial charge in [0.25, 0.3) is 11.2 Å². The molecule has 1 unspecified atom stereocenters. The Kier molecular flexibility index (Phi) is 7.46. The van der Waals surface area contributed by atoms with Crippen LogP contribution >= 0.6 is 11.3 Å². The molecule has 1 atom stereocenters. The number of allylic oxidation sites excluding steroid dienone is 1. The van der Waals surface area contributed by atoms with Gasteiger partial charge < -0.3 is 13.9 Å². The van der Waals surface area contributed by atoms with Gasteiger partial charge in [0.2, 0.25) is 0 Å². The fourth-order valence-corrected chi connectivity index (χ4v) is 5.68. The number of carbonyl (C=O) groups is 1. The molecule has 1 aliphatic heterocycles. The number of aryl methyl sites for hydroxylation is 1. The summed E-state index contributed by atoms with van der Waals surface area (Å²) in [5, 5.41) is 11.3. The molecule has 5 rings (SSSR count). The summed E-state index contributed by atoms with van der Waals surface area (Å²) in [6.07, 6.45) is 1.25. The number of nitro benzene ring substituents is 1. The number of ether oxygens (including phenoxy) is 2. The number of carbonyl (C=O) groups excluding carboxylic acids is 1. The van der Waals surface area contributed by atoms with E-state index in [4.69, 9.17) is 13.9 Å². The topological polar surface area (TPSA) is 126 Å². The second-order valence-corrected chi connectivity index (χ2v) is 10.8. The summed E-state index contributed by atoms with van der Waals surface area (Å²) >= 11 is 1.18. The molecule has 0 radical (unpaired) electrons. The van der Waals surface area contributed by atoms with Gasteiger partial charge in [0.15, 0.2) is 4.80 Å². The van der Waals surface area contributed by atoms with Gasteiger partial charge in [0, 0.05) is 23.8 Å². The summed E-state index contributed by atoms with van der Waals surface area (Å²) in [5.74, 6) is 0.934. The summed E-state index contributed by atoms with van der Waals surface area (Å²) in [7, 11) is 1.56. The quantitative estimate of drug-likeness (QED) is 0.179. The number of furan rings is 1. The summed E-state index contributed by atoms with van der Waals surface area (Å²) in [6.45, 7) is 7.09. The highest BCUT2D eigenvalue weighted by molar-refractivity contribution is 7.07. The van der Waals surface area contributed by atoms with Gasteiger partial charge in [-0.3, -0.25) is 19.5 Å². The zero-order valence-corrected chi connectivity index (χ0v) is 23.9. The monoisotopic (exact) mass is 573 g/mol. The highest BCUT2D eigenvalue weighted by atomic mass is 32.1. The summed E-state index contributed by atoms with van der Waals surface area (Å²) < 4.78 is 18.7. The Hall–Kier alpha value is -4.77. The SMILES string of the molecule is COc1ccc(C2C(C(=O)OC(C)C)=C(C)N=c3s/c(=C\c4ccc(-c5cc([N+](=O)[O-])ccc5C)o4)c(=O)n32)cc1. The van der Waals surface area contributed by atoms with Crippen molar-refractivity contribution in [3.05, 3.63) is 113 Å². The number of thiazole rings is 1. The van der Waals surface area contributed by atoms with Crippen LogP contribution in [0, 0.1) is 17.0 Å². The number of hydrogen-bond acceptors (Lipinski definition) is 9. The minimum absolute atomic E-state index is 0.0439. The van der Waals surface area contributed by atoms with Crippen molar-refractivity contribution in [3.8, 4) is 17.1 Å². The molecule has 1 aliphatic rings. The first kappa shape index (κ1) is 27.8. The van der Waals surface area contributed by atoms with Crippen LogP contribution in [0.3, 0.4) is 0 Å². The van der Waals surface area contributed by atoms with E-state index in [-0.39, 0.29) is 22.9 Å². The van der Waals surface area contributed by atoms with E-state index in [1.165, 1.54) is 28.0 Å². The second-order valence-electron chi connectivity index (χ2n) is 9.77. The molecular weight excluding hydrogens is 546 g/mol. The largest absolute Gasteiger partial charge is 0.497 e. The average Bonchev–Trinajstić information content (AvgIpc) is 3.51. The average molecular weight is 574 g/mol. The number of benzene rings is 2. The third-order valence-corrected chi connectivity index (χ3v) is 7.60. The maximum absolute atomic E-state index is 13.8. The molecule has 0 spiro atoms. The first-order chi connectivity index (χ1) is 19.6. The number of nitrogens with zero attached hydrogens (tertiary/aromatic N) is 3. The molecule has 2 aromatic carbocycles. The first-order valence-electron chi connectivity index (χ1n) is 12.8. The summed E-state index contributed by atoms with van der Waals surface area (Å²) in [4.78, 5) is 42.9. The maximum Gasteiger partial charge on any atom is 0.338 e. The molecule has 4 aromatic rings. The lowest BCUT2D eigenvalue weighted by Crippen LogP contribution is -2.40. The lowest BCUT2D eigenvalue weighted by Gasteiger charge is -2.25. The van der Waals surface area contributed by atoms with Gasteiger partial charge in [-0.2, -0.15) is 0 Å². The van der Waals surface area contributed by atoms with E-state index in [1.807, 2.05) is 19.1 Å². The van der Waals surface area contributed by atoms with E-state index >= 15 is 0 Å². The number of nitro groups is 1. The number of aromatic nitrogens is 1. The smallest absolute Gasteiger partial charge is 0.338 e. The van der Waals surface area contributed by atoms with E-state index in [1.54, 1.807) is 64.3 Å². The lowest BCUT2D eigenvalue weighted by molar-refractivity contribution is -0.384. The third kappa shape index (κ3) is 5.36. The zero-order valence-electron chi connectivity index (χ0n) is 23.0. The molecule has 10 nitrogen and oxygen atoms in total. The highest BCUT2D eigenvalue weighted by Crippen LogP contribution is 2.32. The van der Waals surface area contributed by atoms with Crippen LogP contribution in [0.1, 0.15) is 43.7 Å². The van der Waals surface area contributed by atoms with E-state index in [0.29, 0.717) is 43.4 Å². The molecule has 0 saturated heterocycles. The molecule has 0 amide bonds. The van der Waals surface area contributed by atoms with E-state index in [2.05, 4.69) is 4.99 Å². The van der Waals surface area contributed by atoms with Crippen LogP contribution in [0.5, 0.6) is 5.75 Å². The van der Waals surface area contributed by atoms with Gasteiger partial charge in [0.05, 0.1) is 40.0 Å². The Morgan fingerprint density at radius 3 is 2.54 bits per heavy atom. The van der Waals surface area contributed by atoms with Gasteiger partial charge >= 0.3 is 5.97 Å². The van der Waals surface area contributed by atoms with Crippen molar-refractivity contribution in [1.29, 1.82) is 0 Å². The van der Waals surface area contributed by atoms with Crippen molar-refractivity contribution < 1.29 is 23.6 Å². The molecule has 41 heavy (non-hydrogen) atoms. The number of fused-ring (bicyclic) bond motifs is 1. The molecule has 210 valence electrons. The molecule has 2 aromatic heterocycles. The number of rotatable bonds is 7. The Morgan fingerprint density at radius 1 is 1.15 bits per heavy atom. The van der Waals surface area contributed by atoms with Crippen LogP contribution < -0.4 is 19.6 Å². The van der Waals surface area contributed by atoms with E-state index in [0.717, 1.165) is 5.56 Å². The Bertz CT molecular complexity index is 1880. The Balaban J connectivity index is 1.62. The number of methoxy groups -OCH3 is 1. The minimum Gasteiger partial charge on any atom is -0.497 e. The number of esters is 1. The van der Waals surface area contributed by atoms with Crippen molar-refractivity contribution >= 4 is 29.1 Å². The van der Waals surface area contributed by atoms with Crippen molar-refractivity contribution in [2.45, 2.75) is 39.8 Å². The summed E-state index contributed by atoms with van der Waals surface area (Å²) in [6, 6.07) is 14.4. The van der Waals surface area contributed by atoms with Gasteiger partial charge in [-0.15, -0.1) is 0 Å². The highest BCUT2D eigenvalue weighted by Gasteiger charge is 2.33. The van der Waals surface area contributed by atoms with Crippen LogP contribution in [0.25, 0.3) is 17.4 Å². The van der Waals surface area contributed by atoms with E-state index < -0.39 is 16.9 Å². The second kappa shape index (κ2) is 11.0. The number of hydrogen-bond donors (Lipinski definition) is 0. The minimum atomic E-state index is -0.759. The Labute approximate surface area is 238 Å². The van der Waals surface area contributed by atoms with Crippen molar-refractivity contribution in [3.63, 3.8) is 0 Å². The van der Waals surface area contributed by atoms with Crippen LogP contribution in [0.4, 0.5) is 5.69 Å². The van der Waals surface area contributed by atoms with Gasteiger partial charge in [-0.25, -0.2) is 9.79 Å². The van der Waals surface area contributed by atoms with Crippen molar-refractivity contribution in [2.75, 3.05) is 7.11 Å². The molecule has 0 saturated carbocycles. The summed E-state index contributed by atoms with van der Waals surface area (Å²) in [5.41, 5.74) is 2.45. The molecule has 0 bridgehead atoms. The fourth-order valence-electron chi connectivity index (χ4n) is 4.66. The Morgan fingerprint density at radius 2 is 1.88 bits per heavy atom. The van der Waals surface area contributed by atoms with Crippen LogP contribution in [-0.2, 0) is 9.53 Å². The normalized spacial score (nSPS) is 15.1. The lowest BCUT2D eigenvalue weighted by atomic mass is 9.96. The molecule has 3 heterocycles. The van der Waals surface area contributed by atoms with Crippen molar-refractivity contribution in [2.24, 2.45) is 4.99 Å². The molecule has 0 fully saturated rings. The molecule has 11 heteroatoms. The van der Waals surface area contributed by atoms with Crippen LogP contribution in [0.2, 0.25) is 0 Å².